The minimum atomic E-state index is -0.0309. The van der Waals surface area contributed by atoms with Gasteiger partial charge in [-0.15, -0.1) is 0 Å². The van der Waals surface area contributed by atoms with Gasteiger partial charge in [-0.2, -0.15) is 5.10 Å². The summed E-state index contributed by atoms with van der Waals surface area (Å²) in [5, 5.41) is 4.36. The molecular weight excluding hydrogens is 236 g/mol. The zero-order chi connectivity index (χ0) is 14.6. The molecule has 0 saturated carbocycles. The number of rotatable bonds is 4. The Hall–Kier alpha value is -1.56. The lowest BCUT2D eigenvalue weighted by molar-refractivity contribution is -0.118. The monoisotopic (exact) mass is 260 g/mol. The zero-order valence-electron chi connectivity index (χ0n) is 12.9. The highest BCUT2D eigenvalue weighted by atomic mass is 16.1. The van der Waals surface area contributed by atoms with E-state index in [0.717, 1.165) is 17.8 Å². The van der Waals surface area contributed by atoms with Gasteiger partial charge in [-0.25, -0.2) is 0 Å². The van der Waals surface area contributed by atoms with Crippen molar-refractivity contribution in [2.24, 2.45) is 12.5 Å². The molecule has 0 unspecified atom stereocenters. The molecule has 3 heteroatoms. The van der Waals surface area contributed by atoms with Crippen LogP contribution in [0.2, 0.25) is 0 Å². The first-order valence-electron chi connectivity index (χ1n) is 6.71. The zero-order valence-corrected chi connectivity index (χ0v) is 12.9. The largest absolute Gasteiger partial charge is 0.299 e. The van der Waals surface area contributed by atoms with E-state index in [4.69, 9.17) is 0 Å². The van der Waals surface area contributed by atoms with Gasteiger partial charge in [-0.05, 0) is 46.6 Å². The molecule has 0 bridgehead atoms. The maximum absolute atomic E-state index is 11.8. The van der Waals surface area contributed by atoms with E-state index in [1.807, 2.05) is 46.3 Å². The fourth-order valence-corrected chi connectivity index (χ4v) is 1.94. The number of aromatic nitrogens is 2. The third-order valence-corrected chi connectivity index (χ3v) is 3.06. The molecule has 0 aromatic carbocycles. The summed E-state index contributed by atoms with van der Waals surface area (Å²) in [4.78, 5) is 11.8. The summed E-state index contributed by atoms with van der Waals surface area (Å²) in [7, 11) is 1.93. The summed E-state index contributed by atoms with van der Waals surface area (Å²) >= 11 is 0. The fraction of sp³-hybridized carbons (Fsp3) is 0.625. The number of carbonyl (C=O) groups is 1. The van der Waals surface area contributed by atoms with Gasteiger partial charge in [0, 0.05) is 24.6 Å². The first-order valence-corrected chi connectivity index (χ1v) is 6.71. The smallest absolute Gasteiger partial charge is 0.145 e. The maximum atomic E-state index is 11.8. The normalized spacial score (nSPS) is 11.1. The molecule has 0 aliphatic heterocycles. The second-order valence-corrected chi connectivity index (χ2v) is 6.04. The van der Waals surface area contributed by atoms with Crippen molar-refractivity contribution in [2.45, 2.75) is 53.9 Å². The molecule has 19 heavy (non-hydrogen) atoms. The van der Waals surface area contributed by atoms with Crippen molar-refractivity contribution in [3.8, 4) is 11.8 Å². The van der Waals surface area contributed by atoms with Gasteiger partial charge >= 0.3 is 0 Å². The quantitative estimate of drug-likeness (QED) is 0.780. The molecule has 0 fully saturated rings. The third-order valence-electron chi connectivity index (χ3n) is 3.06. The summed E-state index contributed by atoms with van der Waals surface area (Å²) in [6.45, 7) is 10.2. The van der Waals surface area contributed by atoms with Crippen LogP contribution in [0.3, 0.4) is 0 Å². The van der Waals surface area contributed by atoms with E-state index in [1.165, 1.54) is 5.56 Å². The number of hydrogen-bond acceptors (Lipinski definition) is 2. The highest BCUT2D eigenvalue weighted by Crippen LogP contribution is 2.14. The van der Waals surface area contributed by atoms with E-state index in [-0.39, 0.29) is 11.2 Å². The summed E-state index contributed by atoms with van der Waals surface area (Å²) in [5.74, 6) is 6.27. The minimum absolute atomic E-state index is 0.0309. The van der Waals surface area contributed by atoms with Crippen molar-refractivity contribution in [2.75, 3.05) is 0 Å². The van der Waals surface area contributed by atoms with Crippen molar-refractivity contribution in [1.29, 1.82) is 0 Å². The van der Waals surface area contributed by atoms with Crippen LogP contribution in [-0.4, -0.2) is 15.6 Å². The summed E-state index contributed by atoms with van der Waals surface area (Å²) < 4.78 is 1.87. The number of ketones is 1. The predicted octanol–water partition coefficient (Wildman–Crippen LogP) is 2.98. The molecular formula is C16H24N2O. The van der Waals surface area contributed by atoms with Crippen LogP contribution in [0.1, 0.15) is 50.6 Å². The Kier molecular flexibility index (Phi) is 4.94. The van der Waals surface area contributed by atoms with Crippen LogP contribution in [-0.2, 0) is 18.3 Å². The van der Waals surface area contributed by atoms with Crippen LogP contribution in [0.5, 0.6) is 0 Å². The molecule has 1 rings (SSSR count). The van der Waals surface area contributed by atoms with Gasteiger partial charge < -0.3 is 0 Å². The molecule has 0 atom stereocenters. The summed E-state index contributed by atoms with van der Waals surface area (Å²) in [6, 6.07) is 0. The van der Waals surface area contributed by atoms with Crippen LogP contribution in [0.25, 0.3) is 0 Å². The summed E-state index contributed by atoms with van der Waals surface area (Å²) in [5.41, 5.74) is 3.33. The van der Waals surface area contributed by atoms with Crippen LogP contribution >= 0.6 is 0 Å². The van der Waals surface area contributed by atoms with Crippen molar-refractivity contribution < 1.29 is 4.79 Å². The summed E-state index contributed by atoms with van der Waals surface area (Å²) in [6.07, 6.45) is 1.67. The fourth-order valence-electron chi connectivity index (χ4n) is 1.94. The maximum Gasteiger partial charge on any atom is 0.145 e. The van der Waals surface area contributed by atoms with Gasteiger partial charge in [0.2, 0.25) is 0 Å². The van der Waals surface area contributed by atoms with E-state index in [0.29, 0.717) is 12.8 Å². The molecule has 0 aliphatic carbocycles. The second kappa shape index (κ2) is 6.06. The SMILES string of the molecule is Cc1nn(C)c(C)c1CCC(=O)CC#CC(C)(C)C. The van der Waals surface area contributed by atoms with Gasteiger partial charge in [0.15, 0.2) is 0 Å². The van der Waals surface area contributed by atoms with Crippen molar-refractivity contribution in [3.63, 3.8) is 0 Å². The average molecular weight is 260 g/mol. The molecule has 0 saturated heterocycles. The molecule has 0 aliphatic rings. The molecule has 1 aromatic heterocycles. The Bertz CT molecular complexity index is 521. The highest BCUT2D eigenvalue weighted by Gasteiger charge is 2.11. The number of carbonyl (C=O) groups excluding carboxylic acids is 1. The Labute approximate surface area is 116 Å². The average Bonchev–Trinajstić information content (AvgIpc) is 2.49. The standard InChI is InChI=1S/C16H24N2O/c1-12-15(13(2)18(6)17-12)10-9-14(19)8-7-11-16(3,4)5/h8-10H2,1-6H3. The highest BCUT2D eigenvalue weighted by molar-refractivity contribution is 5.81. The number of nitrogens with zero attached hydrogens (tertiary/aromatic N) is 2. The van der Waals surface area contributed by atoms with E-state index in [1.54, 1.807) is 0 Å². The van der Waals surface area contributed by atoms with Crippen LogP contribution in [0.4, 0.5) is 0 Å². The lowest BCUT2D eigenvalue weighted by atomic mass is 9.97. The van der Waals surface area contributed by atoms with Crippen LogP contribution in [0, 0.1) is 31.1 Å². The van der Waals surface area contributed by atoms with Gasteiger partial charge in [0.1, 0.15) is 5.78 Å². The lowest BCUT2D eigenvalue weighted by Crippen LogP contribution is -2.03. The molecule has 0 N–H and O–H groups in total. The minimum Gasteiger partial charge on any atom is -0.299 e. The van der Waals surface area contributed by atoms with E-state index in [9.17, 15) is 4.79 Å². The van der Waals surface area contributed by atoms with Gasteiger partial charge in [-0.3, -0.25) is 9.48 Å². The molecule has 0 amide bonds. The van der Waals surface area contributed by atoms with Gasteiger partial charge in [0.05, 0.1) is 12.1 Å². The van der Waals surface area contributed by atoms with E-state index < -0.39 is 0 Å². The predicted molar refractivity (Wildman–Crippen MR) is 77.9 cm³/mol. The van der Waals surface area contributed by atoms with Crippen molar-refractivity contribution in [1.82, 2.24) is 9.78 Å². The molecule has 0 radical (unpaired) electrons. The lowest BCUT2D eigenvalue weighted by Gasteiger charge is -2.06. The first kappa shape index (κ1) is 15.5. The molecule has 1 aromatic rings. The second-order valence-electron chi connectivity index (χ2n) is 6.04. The molecule has 104 valence electrons. The third kappa shape index (κ3) is 4.90. The Morgan fingerprint density at radius 1 is 1.32 bits per heavy atom. The molecule has 3 nitrogen and oxygen atoms in total. The van der Waals surface area contributed by atoms with Crippen LogP contribution < -0.4 is 0 Å². The number of Topliss-reactive ketones (excluding diaryl/α,β-unsaturated/α-hetero) is 1. The van der Waals surface area contributed by atoms with Gasteiger partial charge in [0.25, 0.3) is 0 Å². The van der Waals surface area contributed by atoms with Crippen molar-refractivity contribution in [3.05, 3.63) is 17.0 Å². The number of hydrogen-bond donors (Lipinski definition) is 0. The molecule has 1 heterocycles. The number of aryl methyl sites for hydroxylation is 2. The Balaban J connectivity index is 2.53. The van der Waals surface area contributed by atoms with E-state index >= 15 is 0 Å². The Morgan fingerprint density at radius 3 is 2.42 bits per heavy atom. The van der Waals surface area contributed by atoms with Crippen LogP contribution in [0.15, 0.2) is 0 Å². The first-order chi connectivity index (χ1) is 8.70. The van der Waals surface area contributed by atoms with Crippen molar-refractivity contribution >= 4 is 5.78 Å². The van der Waals surface area contributed by atoms with Gasteiger partial charge in [-0.1, -0.05) is 11.8 Å². The van der Waals surface area contributed by atoms with E-state index in [2.05, 4.69) is 16.9 Å². The topological polar surface area (TPSA) is 34.9 Å². The Morgan fingerprint density at radius 2 is 1.95 bits per heavy atom. The molecule has 0 spiro atoms.